The fourth-order valence-corrected chi connectivity index (χ4v) is 1.53. The van der Waals surface area contributed by atoms with Crippen LogP contribution in [-0.4, -0.2) is 22.1 Å². The summed E-state index contributed by atoms with van der Waals surface area (Å²) in [6.07, 6.45) is 0. The lowest BCUT2D eigenvalue weighted by atomic mass is 10.3. The van der Waals surface area contributed by atoms with Gasteiger partial charge >= 0.3 is 12.0 Å². The third-order valence-electron chi connectivity index (χ3n) is 2.02. The number of aromatic nitrogens is 3. The molecule has 0 aliphatic heterocycles. The van der Waals surface area contributed by atoms with Gasteiger partial charge in [-0.2, -0.15) is 9.97 Å². The summed E-state index contributed by atoms with van der Waals surface area (Å²) in [5.41, 5.74) is 2.27. The Labute approximate surface area is 118 Å². The monoisotopic (exact) mass is 301 g/mol. The Morgan fingerprint density at radius 2 is 1.89 bits per heavy atom. The van der Waals surface area contributed by atoms with Crippen molar-refractivity contribution < 1.29 is 9.47 Å². The summed E-state index contributed by atoms with van der Waals surface area (Å²) in [7, 11) is 1.41. The van der Waals surface area contributed by atoms with Crippen LogP contribution in [0.25, 0.3) is 0 Å². The lowest BCUT2D eigenvalue weighted by Gasteiger charge is -2.08. The molecule has 1 heterocycles. The van der Waals surface area contributed by atoms with Crippen LogP contribution in [0.4, 0.5) is 5.95 Å². The molecule has 0 saturated heterocycles. The number of ether oxygens (including phenoxy) is 2. The van der Waals surface area contributed by atoms with Crippen LogP contribution in [0.3, 0.4) is 0 Å². The zero-order chi connectivity index (χ0) is 13.8. The van der Waals surface area contributed by atoms with E-state index >= 15 is 0 Å². The van der Waals surface area contributed by atoms with Crippen LogP contribution in [0, 0.1) is 0 Å². The number of nitrogens with zero attached hydrogens (tertiary/aromatic N) is 3. The van der Waals surface area contributed by atoms with Gasteiger partial charge in [-0.25, -0.2) is 5.84 Å². The van der Waals surface area contributed by atoms with Crippen LogP contribution in [0.2, 0.25) is 10.0 Å². The predicted octanol–water partition coefficient (Wildman–Crippen LogP) is 2.26. The van der Waals surface area contributed by atoms with Gasteiger partial charge in [0.15, 0.2) is 5.75 Å². The average molecular weight is 302 g/mol. The fourth-order valence-electron chi connectivity index (χ4n) is 1.20. The number of methoxy groups -OCH3 is 1. The van der Waals surface area contributed by atoms with Crippen molar-refractivity contribution >= 4 is 29.2 Å². The molecule has 2 aromatic rings. The summed E-state index contributed by atoms with van der Waals surface area (Å²) in [6, 6.07) is 4.97. The van der Waals surface area contributed by atoms with E-state index in [1.54, 1.807) is 18.2 Å². The van der Waals surface area contributed by atoms with E-state index in [9.17, 15) is 0 Å². The van der Waals surface area contributed by atoms with Crippen molar-refractivity contribution in [3.63, 3.8) is 0 Å². The van der Waals surface area contributed by atoms with Crippen molar-refractivity contribution in [2.45, 2.75) is 0 Å². The van der Waals surface area contributed by atoms with Crippen molar-refractivity contribution in [1.29, 1.82) is 0 Å². The van der Waals surface area contributed by atoms with Crippen LogP contribution in [0.1, 0.15) is 0 Å². The van der Waals surface area contributed by atoms with Gasteiger partial charge in [-0.05, 0) is 12.1 Å². The van der Waals surface area contributed by atoms with E-state index in [0.717, 1.165) is 0 Å². The Morgan fingerprint density at radius 1 is 1.16 bits per heavy atom. The van der Waals surface area contributed by atoms with Crippen molar-refractivity contribution in [2.75, 3.05) is 12.5 Å². The van der Waals surface area contributed by atoms with Crippen molar-refractivity contribution in [1.82, 2.24) is 15.0 Å². The minimum Gasteiger partial charge on any atom is -0.467 e. The van der Waals surface area contributed by atoms with Gasteiger partial charge in [-0.15, -0.1) is 4.98 Å². The van der Waals surface area contributed by atoms with Crippen molar-refractivity contribution in [2.24, 2.45) is 5.84 Å². The quantitative estimate of drug-likeness (QED) is 0.660. The highest BCUT2D eigenvalue weighted by Crippen LogP contribution is 2.33. The first kappa shape index (κ1) is 13.6. The summed E-state index contributed by atoms with van der Waals surface area (Å²) in [6.45, 7) is 0. The number of halogens is 2. The molecule has 7 nitrogen and oxygen atoms in total. The minimum absolute atomic E-state index is 0.0241. The van der Waals surface area contributed by atoms with E-state index in [2.05, 4.69) is 20.4 Å². The van der Waals surface area contributed by atoms with Crippen LogP contribution in [0.15, 0.2) is 18.2 Å². The molecule has 0 bridgehead atoms. The molecule has 1 aromatic carbocycles. The SMILES string of the molecule is COc1nc(NN)nc(Oc2cccc(Cl)c2Cl)n1. The number of anilines is 1. The molecule has 0 saturated carbocycles. The van der Waals surface area contributed by atoms with Gasteiger partial charge in [0.25, 0.3) is 0 Å². The summed E-state index contributed by atoms with van der Waals surface area (Å²) in [5, 5.41) is 0.614. The lowest BCUT2D eigenvalue weighted by molar-refractivity contribution is 0.360. The zero-order valence-electron chi connectivity index (χ0n) is 9.72. The van der Waals surface area contributed by atoms with Gasteiger partial charge in [0, 0.05) is 0 Å². The molecule has 0 unspecified atom stereocenters. The minimum atomic E-state index is -0.0241. The van der Waals surface area contributed by atoms with E-state index in [1.807, 2.05) is 0 Å². The molecule has 3 N–H and O–H groups in total. The Bertz CT molecular complexity index is 574. The molecular weight excluding hydrogens is 293 g/mol. The van der Waals surface area contributed by atoms with Crippen LogP contribution < -0.4 is 20.7 Å². The molecule has 0 fully saturated rings. The Morgan fingerprint density at radius 3 is 2.58 bits per heavy atom. The third-order valence-corrected chi connectivity index (χ3v) is 2.83. The molecular formula is C10H9Cl2N5O2. The number of rotatable bonds is 4. The molecule has 100 valence electrons. The maximum absolute atomic E-state index is 5.99. The number of hydrazine groups is 1. The molecule has 0 radical (unpaired) electrons. The van der Waals surface area contributed by atoms with E-state index in [0.29, 0.717) is 10.8 Å². The third kappa shape index (κ3) is 3.14. The molecule has 9 heteroatoms. The topological polar surface area (TPSA) is 95.2 Å². The largest absolute Gasteiger partial charge is 0.467 e. The first-order valence-electron chi connectivity index (χ1n) is 5.02. The zero-order valence-corrected chi connectivity index (χ0v) is 11.2. The lowest BCUT2D eigenvalue weighted by Crippen LogP contribution is -2.12. The summed E-state index contributed by atoms with van der Waals surface area (Å²) in [4.78, 5) is 11.6. The summed E-state index contributed by atoms with van der Waals surface area (Å²) < 4.78 is 10.3. The maximum atomic E-state index is 5.99. The second-order valence-electron chi connectivity index (χ2n) is 3.23. The Hall–Kier alpha value is -1.83. The highest BCUT2D eigenvalue weighted by Gasteiger charge is 2.11. The number of nitrogens with one attached hydrogen (secondary N) is 1. The van der Waals surface area contributed by atoms with Crippen LogP contribution in [-0.2, 0) is 0 Å². The average Bonchev–Trinajstić information content (AvgIpc) is 2.43. The molecule has 0 aliphatic rings. The number of benzene rings is 1. The Kier molecular flexibility index (Phi) is 4.20. The maximum Gasteiger partial charge on any atom is 0.330 e. The van der Waals surface area contributed by atoms with E-state index in [1.165, 1.54) is 7.11 Å². The summed E-state index contributed by atoms with van der Waals surface area (Å²) in [5.74, 6) is 5.64. The Balaban J connectivity index is 2.34. The summed E-state index contributed by atoms with van der Waals surface area (Å²) >= 11 is 11.9. The number of hydrogen-bond acceptors (Lipinski definition) is 7. The van der Waals surface area contributed by atoms with Gasteiger partial charge in [-0.3, -0.25) is 5.43 Å². The second-order valence-corrected chi connectivity index (χ2v) is 4.01. The normalized spacial score (nSPS) is 10.1. The van der Waals surface area contributed by atoms with Crippen LogP contribution >= 0.6 is 23.2 Å². The molecule has 19 heavy (non-hydrogen) atoms. The first-order valence-corrected chi connectivity index (χ1v) is 5.78. The van der Waals surface area contributed by atoms with Gasteiger partial charge in [0.05, 0.1) is 12.1 Å². The first-order chi connectivity index (χ1) is 9.13. The van der Waals surface area contributed by atoms with Crippen LogP contribution in [0.5, 0.6) is 17.8 Å². The fraction of sp³-hybridized carbons (Fsp3) is 0.100. The standard InChI is InChI=1S/C10H9Cl2N5O2/c1-18-9-14-8(17-13)15-10(16-9)19-6-4-2-3-5(11)7(6)12/h2-4H,13H2,1H3,(H,14,15,16,17). The molecule has 0 amide bonds. The molecule has 2 rings (SSSR count). The van der Waals surface area contributed by atoms with Gasteiger partial charge in [0.1, 0.15) is 5.02 Å². The molecule has 0 atom stereocenters. The molecule has 0 aliphatic carbocycles. The van der Waals surface area contributed by atoms with E-state index in [4.69, 9.17) is 38.5 Å². The second kappa shape index (κ2) is 5.87. The number of hydrogen-bond donors (Lipinski definition) is 2. The highest BCUT2D eigenvalue weighted by atomic mass is 35.5. The van der Waals surface area contributed by atoms with E-state index in [-0.39, 0.29) is 23.0 Å². The van der Waals surface area contributed by atoms with Gasteiger partial charge < -0.3 is 9.47 Å². The predicted molar refractivity (Wildman–Crippen MR) is 70.7 cm³/mol. The van der Waals surface area contributed by atoms with Crippen molar-refractivity contribution in [3.8, 4) is 17.8 Å². The molecule has 0 spiro atoms. The number of nitrogens with two attached hydrogens (primary N) is 1. The molecule has 1 aromatic heterocycles. The smallest absolute Gasteiger partial charge is 0.330 e. The van der Waals surface area contributed by atoms with Crippen molar-refractivity contribution in [3.05, 3.63) is 28.2 Å². The van der Waals surface area contributed by atoms with Gasteiger partial charge in [-0.1, -0.05) is 29.3 Å². The van der Waals surface area contributed by atoms with Gasteiger partial charge in [0.2, 0.25) is 5.95 Å². The van der Waals surface area contributed by atoms with E-state index < -0.39 is 0 Å². The highest BCUT2D eigenvalue weighted by molar-refractivity contribution is 6.42. The number of nitrogen functional groups attached to an aromatic ring is 1.